The molecule has 0 unspecified atom stereocenters. The molecule has 0 spiro atoms. The number of hydrogen-bond acceptors (Lipinski definition) is 3. The second-order valence-corrected chi connectivity index (χ2v) is 3.68. The summed E-state index contributed by atoms with van der Waals surface area (Å²) >= 11 is 0. The second kappa shape index (κ2) is 5.01. The lowest BCUT2D eigenvalue weighted by Crippen LogP contribution is -2.02. The summed E-state index contributed by atoms with van der Waals surface area (Å²) in [6.07, 6.45) is 0. The predicted molar refractivity (Wildman–Crippen MR) is 63.1 cm³/mol. The van der Waals surface area contributed by atoms with Crippen molar-refractivity contribution in [3.05, 3.63) is 47.7 Å². The number of pyridine rings is 1. The van der Waals surface area contributed by atoms with E-state index in [1.54, 1.807) is 0 Å². The van der Waals surface area contributed by atoms with Crippen LogP contribution in [0.3, 0.4) is 0 Å². The largest absolute Gasteiger partial charge is 0.497 e. The normalized spacial score (nSPS) is 10.3. The molecule has 98 valence electrons. The van der Waals surface area contributed by atoms with Gasteiger partial charge in [0.1, 0.15) is 23.1 Å². The first-order chi connectivity index (χ1) is 9.02. The highest BCUT2D eigenvalue weighted by Crippen LogP contribution is 2.28. The number of aromatic carboxylic acids is 1. The Balaban J connectivity index is 2.59. The van der Waals surface area contributed by atoms with E-state index in [9.17, 15) is 13.6 Å². The van der Waals surface area contributed by atoms with Gasteiger partial charge in [0, 0.05) is 12.1 Å². The summed E-state index contributed by atoms with van der Waals surface area (Å²) in [5, 5.41) is 8.81. The molecule has 0 saturated heterocycles. The second-order valence-electron chi connectivity index (χ2n) is 3.68. The van der Waals surface area contributed by atoms with Gasteiger partial charge in [0.2, 0.25) is 0 Å². The van der Waals surface area contributed by atoms with Gasteiger partial charge in [-0.15, -0.1) is 0 Å². The highest BCUT2D eigenvalue weighted by Gasteiger charge is 2.16. The van der Waals surface area contributed by atoms with Gasteiger partial charge in [0.05, 0.1) is 18.4 Å². The number of methoxy groups -OCH3 is 1. The van der Waals surface area contributed by atoms with Crippen LogP contribution >= 0.6 is 0 Å². The number of carbonyl (C=O) groups is 1. The van der Waals surface area contributed by atoms with E-state index in [0.29, 0.717) is 0 Å². The molecule has 0 atom stereocenters. The van der Waals surface area contributed by atoms with Crippen molar-refractivity contribution < 1.29 is 23.4 Å². The molecule has 0 bridgehead atoms. The van der Waals surface area contributed by atoms with Gasteiger partial charge in [-0.05, 0) is 12.1 Å². The SMILES string of the molecule is COc1cc(F)c(-c2cccc(C(=O)O)n2)c(F)c1. The molecule has 0 radical (unpaired) electrons. The van der Waals surface area contributed by atoms with Crippen molar-refractivity contribution in [1.29, 1.82) is 0 Å². The first-order valence-electron chi connectivity index (χ1n) is 5.26. The van der Waals surface area contributed by atoms with Gasteiger partial charge in [-0.25, -0.2) is 18.6 Å². The number of nitrogens with zero attached hydrogens (tertiary/aromatic N) is 1. The zero-order valence-corrected chi connectivity index (χ0v) is 9.85. The van der Waals surface area contributed by atoms with E-state index in [-0.39, 0.29) is 22.7 Å². The summed E-state index contributed by atoms with van der Waals surface area (Å²) < 4.78 is 32.4. The van der Waals surface area contributed by atoms with Crippen LogP contribution in [0, 0.1) is 11.6 Å². The first-order valence-corrected chi connectivity index (χ1v) is 5.26. The molecule has 1 heterocycles. The minimum Gasteiger partial charge on any atom is -0.497 e. The van der Waals surface area contributed by atoms with Crippen molar-refractivity contribution in [3.8, 4) is 17.0 Å². The van der Waals surface area contributed by atoms with Crippen molar-refractivity contribution in [2.45, 2.75) is 0 Å². The van der Waals surface area contributed by atoms with Gasteiger partial charge in [0.15, 0.2) is 0 Å². The zero-order chi connectivity index (χ0) is 14.0. The summed E-state index contributed by atoms with van der Waals surface area (Å²) in [6.45, 7) is 0. The molecule has 0 aliphatic carbocycles. The van der Waals surface area contributed by atoms with E-state index in [2.05, 4.69) is 4.98 Å². The molecule has 4 nitrogen and oxygen atoms in total. The monoisotopic (exact) mass is 265 g/mol. The Bertz CT molecular complexity index is 621. The van der Waals surface area contributed by atoms with Crippen molar-refractivity contribution in [3.63, 3.8) is 0 Å². The van der Waals surface area contributed by atoms with Gasteiger partial charge in [-0.2, -0.15) is 0 Å². The summed E-state index contributed by atoms with van der Waals surface area (Å²) in [5.41, 5.74) is -0.756. The lowest BCUT2D eigenvalue weighted by Gasteiger charge is -2.07. The van der Waals surface area contributed by atoms with Crippen LogP contribution in [-0.2, 0) is 0 Å². The third-order valence-electron chi connectivity index (χ3n) is 2.48. The highest BCUT2D eigenvalue weighted by atomic mass is 19.1. The first kappa shape index (κ1) is 12.9. The topological polar surface area (TPSA) is 59.4 Å². The minimum atomic E-state index is -1.27. The maximum Gasteiger partial charge on any atom is 0.354 e. The number of rotatable bonds is 3. The van der Waals surface area contributed by atoms with Crippen LogP contribution < -0.4 is 4.74 Å². The molecular weight excluding hydrogens is 256 g/mol. The third-order valence-corrected chi connectivity index (χ3v) is 2.48. The van der Waals surface area contributed by atoms with E-state index in [1.165, 1.54) is 25.3 Å². The maximum atomic E-state index is 13.8. The molecule has 1 aromatic heterocycles. The minimum absolute atomic E-state index is 0.0353. The molecule has 0 saturated carbocycles. The van der Waals surface area contributed by atoms with Gasteiger partial charge < -0.3 is 9.84 Å². The Morgan fingerprint density at radius 3 is 2.42 bits per heavy atom. The van der Waals surface area contributed by atoms with Crippen molar-refractivity contribution in [1.82, 2.24) is 4.98 Å². The fraction of sp³-hybridized carbons (Fsp3) is 0.0769. The molecule has 1 aromatic carbocycles. The molecule has 19 heavy (non-hydrogen) atoms. The molecular formula is C13H9F2NO3. The van der Waals surface area contributed by atoms with Crippen LogP contribution in [0.1, 0.15) is 10.5 Å². The number of ether oxygens (including phenoxy) is 1. The number of carboxylic acids is 1. The number of benzene rings is 1. The van der Waals surface area contributed by atoms with Crippen LogP contribution in [0.4, 0.5) is 8.78 Å². The molecule has 1 N–H and O–H groups in total. The quantitative estimate of drug-likeness (QED) is 0.927. The fourth-order valence-electron chi connectivity index (χ4n) is 1.61. The van der Waals surface area contributed by atoms with E-state index in [0.717, 1.165) is 12.1 Å². The average molecular weight is 265 g/mol. The number of halogens is 2. The van der Waals surface area contributed by atoms with Crippen molar-refractivity contribution in [2.75, 3.05) is 7.11 Å². The molecule has 0 fully saturated rings. The Labute approximate surface area is 107 Å². The lowest BCUT2D eigenvalue weighted by molar-refractivity contribution is 0.0690. The van der Waals surface area contributed by atoms with Crippen LogP contribution in [0.5, 0.6) is 5.75 Å². The molecule has 6 heteroatoms. The summed E-state index contributed by atoms with van der Waals surface area (Å²) in [4.78, 5) is 14.5. The number of hydrogen-bond donors (Lipinski definition) is 1. The molecule has 0 aliphatic heterocycles. The Kier molecular flexibility index (Phi) is 3.41. The van der Waals surface area contributed by atoms with Crippen LogP contribution in [0.2, 0.25) is 0 Å². The van der Waals surface area contributed by atoms with Crippen LogP contribution in [-0.4, -0.2) is 23.2 Å². The van der Waals surface area contributed by atoms with E-state index >= 15 is 0 Å². The molecule has 2 rings (SSSR count). The van der Waals surface area contributed by atoms with Gasteiger partial charge in [0.25, 0.3) is 0 Å². The van der Waals surface area contributed by atoms with Gasteiger partial charge in [-0.3, -0.25) is 0 Å². The Morgan fingerprint density at radius 2 is 1.89 bits per heavy atom. The summed E-state index contributed by atoms with van der Waals surface area (Å²) in [7, 11) is 1.29. The standard InChI is InChI=1S/C13H9F2NO3/c1-19-7-5-8(14)12(9(15)6-7)10-3-2-4-11(16-10)13(17)18/h2-6H,1H3,(H,17,18). The number of carboxylic acid groups (broad SMARTS) is 1. The molecule has 0 aliphatic rings. The fourth-order valence-corrected chi connectivity index (χ4v) is 1.61. The number of aromatic nitrogens is 1. The highest BCUT2D eigenvalue weighted by molar-refractivity contribution is 5.86. The smallest absolute Gasteiger partial charge is 0.354 e. The zero-order valence-electron chi connectivity index (χ0n) is 9.85. The van der Waals surface area contributed by atoms with Crippen molar-refractivity contribution in [2.24, 2.45) is 0 Å². The van der Waals surface area contributed by atoms with Crippen LogP contribution in [0.25, 0.3) is 11.3 Å². The lowest BCUT2D eigenvalue weighted by atomic mass is 10.1. The van der Waals surface area contributed by atoms with Gasteiger partial charge in [-0.1, -0.05) is 6.07 Å². The predicted octanol–water partition coefficient (Wildman–Crippen LogP) is 2.73. The van der Waals surface area contributed by atoms with E-state index in [4.69, 9.17) is 9.84 Å². The molecule has 0 amide bonds. The maximum absolute atomic E-state index is 13.8. The van der Waals surface area contributed by atoms with E-state index in [1.807, 2.05) is 0 Å². The summed E-state index contributed by atoms with van der Waals surface area (Å²) in [5.74, 6) is -2.97. The average Bonchev–Trinajstić information content (AvgIpc) is 2.38. The van der Waals surface area contributed by atoms with Gasteiger partial charge >= 0.3 is 5.97 Å². The third kappa shape index (κ3) is 2.52. The Hall–Kier alpha value is -2.50. The van der Waals surface area contributed by atoms with E-state index < -0.39 is 17.6 Å². The Morgan fingerprint density at radius 1 is 1.26 bits per heavy atom. The van der Waals surface area contributed by atoms with Crippen LogP contribution in [0.15, 0.2) is 30.3 Å². The van der Waals surface area contributed by atoms with Crippen molar-refractivity contribution >= 4 is 5.97 Å². The molecule has 2 aromatic rings. The summed E-state index contributed by atoms with van der Waals surface area (Å²) in [6, 6.07) is 5.96.